The van der Waals surface area contributed by atoms with Gasteiger partial charge in [-0.05, 0) is 40.7 Å². The van der Waals surface area contributed by atoms with Crippen LogP contribution in [0.25, 0.3) is 0 Å². The van der Waals surface area contributed by atoms with E-state index in [-0.39, 0.29) is 26.7 Å². The molecule has 1 atom stereocenters. The first-order valence-electron chi connectivity index (χ1n) is 11.5. The second kappa shape index (κ2) is 10.6. The van der Waals surface area contributed by atoms with Crippen LogP contribution < -0.4 is 0 Å². The lowest BCUT2D eigenvalue weighted by Crippen LogP contribution is -2.54. The van der Waals surface area contributed by atoms with E-state index in [1.807, 2.05) is 14.2 Å². The smallest absolute Gasteiger partial charge is 0.195 e. The minimum absolute atomic E-state index is 0.150. The second-order valence-electron chi connectivity index (χ2n) is 9.65. The van der Waals surface area contributed by atoms with Crippen molar-refractivity contribution in [3.63, 3.8) is 0 Å². The van der Waals surface area contributed by atoms with Crippen LogP contribution in [0, 0.1) is 0 Å². The maximum absolute atomic E-state index is 6.28. The van der Waals surface area contributed by atoms with E-state index in [0.29, 0.717) is 22.6 Å². The summed E-state index contributed by atoms with van der Waals surface area (Å²) in [4.78, 5) is 0.150. The van der Waals surface area contributed by atoms with Gasteiger partial charge in [0.1, 0.15) is 0 Å². The summed E-state index contributed by atoms with van der Waals surface area (Å²) < 4.78 is 12.6. The predicted octanol–water partition coefficient (Wildman–Crippen LogP) is 8.01. The molecule has 1 aromatic carbocycles. The summed E-state index contributed by atoms with van der Waals surface area (Å²) in [6.07, 6.45) is 5.70. The maximum atomic E-state index is 6.28. The predicted molar refractivity (Wildman–Crippen MR) is 137 cm³/mol. The number of methoxy groups -OCH3 is 2. The normalized spacial score (nSPS) is 21.0. The molecule has 1 aromatic rings. The fourth-order valence-electron chi connectivity index (χ4n) is 6.16. The first kappa shape index (κ1) is 26.0. The van der Waals surface area contributed by atoms with Crippen LogP contribution in [0.1, 0.15) is 73.3 Å². The van der Waals surface area contributed by atoms with Gasteiger partial charge >= 0.3 is 0 Å². The Morgan fingerprint density at radius 2 is 1.20 bits per heavy atom. The van der Waals surface area contributed by atoms with E-state index >= 15 is 0 Å². The Kier molecular flexibility index (Phi) is 9.16. The molecule has 1 aliphatic carbocycles. The van der Waals surface area contributed by atoms with Gasteiger partial charge in [-0.1, -0.05) is 108 Å². The van der Waals surface area contributed by atoms with Crippen molar-refractivity contribution >= 4 is 15.8 Å². The zero-order valence-corrected chi connectivity index (χ0v) is 22.6. The standard InChI is InChI=1S/C26H44O2P2/c1-19(2)29(20(3)4)26(30(21(5)6)22(7)8)18-14-17-25(27-9,28-10)24(26)23-15-12-11-13-16-23/h11-17,19-22,24H,18H2,1-10H3. The van der Waals surface area contributed by atoms with Gasteiger partial charge in [0.25, 0.3) is 0 Å². The molecule has 0 aliphatic heterocycles. The molecular formula is C26H44O2P2. The van der Waals surface area contributed by atoms with Crippen LogP contribution in [0.4, 0.5) is 0 Å². The van der Waals surface area contributed by atoms with Crippen LogP contribution in [0.2, 0.25) is 0 Å². The highest BCUT2D eigenvalue weighted by atomic mass is 31.2. The molecule has 170 valence electrons. The number of rotatable bonds is 9. The Morgan fingerprint density at radius 3 is 1.57 bits per heavy atom. The number of hydrogen-bond donors (Lipinski definition) is 0. The fraction of sp³-hybridized carbons (Fsp3) is 0.692. The Balaban J connectivity index is 2.97. The topological polar surface area (TPSA) is 18.5 Å². The molecule has 0 heterocycles. The molecular weight excluding hydrogens is 406 g/mol. The molecule has 0 amide bonds. The molecule has 1 aliphatic rings. The van der Waals surface area contributed by atoms with E-state index < -0.39 is 5.79 Å². The summed E-state index contributed by atoms with van der Waals surface area (Å²) in [6.45, 7) is 19.6. The molecule has 2 nitrogen and oxygen atoms in total. The van der Waals surface area contributed by atoms with Crippen molar-refractivity contribution in [2.75, 3.05) is 14.2 Å². The highest BCUT2D eigenvalue weighted by Crippen LogP contribution is 2.81. The van der Waals surface area contributed by atoms with E-state index in [2.05, 4.69) is 97.9 Å². The summed E-state index contributed by atoms with van der Waals surface area (Å²) >= 11 is 0. The van der Waals surface area contributed by atoms with Crippen molar-refractivity contribution in [3.8, 4) is 0 Å². The quantitative estimate of drug-likeness (QED) is 0.215. The molecule has 0 spiro atoms. The lowest BCUT2D eigenvalue weighted by molar-refractivity contribution is -0.190. The van der Waals surface area contributed by atoms with Crippen molar-refractivity contribution in [3.05, 3.63) is 48.0 Å². The van der Waals surface area contributed by atoms with Crippen LogP contribution in [0.5, 0.6) is 0 Å². The highest BCUT2D eigenvalue weighted by Gasteiger charge is 2.61. The molecule has 0 saturated carbocycles. The minimum Gasteiger partial charge on any atom is -0.349 e. The molecule has 4 heteroatoms. The van der Waals surface area contributed by atoms with Crippen LogP contribution >= 0.6 is 15.8 Å². The number of ether oxygens (including phenoxy) is 2. The van der Waals surface area contributed by atoms with E-state index in [1.54, 1.807) is 0 Å². The second-order valence-corrected chi connectivity index (χ2v) is 17.4. The lowest BCUT2D eigenvalue weighted by Gasteiger charge is -2.61. The summed E-state index contributed by atoms with van der Waals surface area (Å²) in [5, 5.41) is 0. The molecule has 0 N–H and O–H groups in total. The van der Waals surface area contributed by atoms with E-state index in [4.69, 9.17) is 9.47 Å². The first-order valence-corrected chi connectivity index (χ1v) is 14.4. The third-order valence-electron chi connectivity index (χ3n) is 6.52. The van der Waals surface area contributed by atoms with Gasteiger partial charge in [-0.15, -0.1) is 0 Å². The zero-order chi connectivity index (χ0) is 22.7. The molecule has 30 heavy (non-hydrogen) atoms. The Hall–Kier alpha value is -0.260. The minimum atomic E-state index is -0.728. The van der Waals surface area contributed by atoms with E-state index in [9.17, 15) is 0 Å². The van der Waals surface area contributed by atoms with Crippen LogP contribution in [0.15, 0.2) is 42.5 Å². The number of hydrogen-bond acceptors (Lipinski definition) is 2. The third kappa shape index (κ3) is 4.59. The molecule has 0 bridgehead atoms. The Labute approximate surface area is 188 Å². The lowest BCUT2D eigenvalue weighted by atomic mass is 9.81. The van der Waals surface area contributed by atoms with Crippen LogP contribution in [-0.2, 0) is 9.47 Å². The summed E-state index contributed by atoms with van der Waals surface area (Å²) in [7, 11) is 3.04. The largest absolute Gasteiger partial charge is 0.349 e. The molecule has 0 fully saturated rings. The van der Waals surface area contributed by atoms with Gasteiger partial charge in [-0.3, -0.25) is 0 Å². The summed E-state index contributed by atoms with van der Waals surface area (Å²) in [6, 6.07) is 11.1. The highest BCUT2D eigenvalue weighted by molar-refractivity contribution is 7.78. The van der Waals surface area contributed by atoms with Crippen LogP contribution in [-0.4, -0.2) is 47.5 Å². The van der Waals surface area contributed by atoms with Gasteiger partial charge in [-0.25, -0.2) is 0 Å². The molecule has 0 saturated heterocycles. The Morgan fingerprint density at radius 1 is 0.767 bits per heavy atom. The Bertz CT molecular complexity index is 642. The average molecular weight is 451 g/mol. The van der Waals surface area contributed by atoms with Crippen molar-refractivity contribution in [2.45, 2.75) is 101 Å². The molecule has 0 aromatic heterocycles. The van der Waals surface area contributed by atoms with Gasteiger partial charge in [-0.2, -0.15) is 0 Å². The van der Waals surface area contributed by atoms with Gasteiger partial charge < -0.3 is 9.47 Å². The van der Waals surface area contributed by atoms with Crippen molar-refractivity contribution in [1.82, 2.24) is 0 Å². The SMILES string of the molecule is COC1(OC)C=CCC(P(C(C)C)C(C)C)(P(C(C)C)C(C)C)C1c1ccccc1. The summed E-state index contributed by atoms with van der Waals surface area (Å²) in [5.41, 5.74) is 3.93. The van der Waals surface area contributed by atoms with Crippen LogP contribution in [0.3, 0.4) is 0 Å². The van der Waals surface area contributed by atoms with E-state index in [0.717, 1.165) is 6.42 Å². The van der Waals surface area contributed by atoms with Gasteiger partial charge in [0, 0.05) is 19.1 Å². The van der Waals surface area contributed by atoms with Gasteiger partial charge in [0.2, 0.25) is 0 Å². The van der Waals surface area contributed by atoms with E-state index in [1.165, 1.54) is 5.56 Å². The van der Waals surface area contributed by atoms with Crippen molar-refractivity contribution < 1.29 is 9.47 Å². The number of allylic oxidation sites excluding steroid dienone is 1. The van der Waals surface area contributed by atoms with Crippen molar-refractivity contribution in [2.24, 2.45) is 0 Å². The summed E-state index contributed by atoms with van der Waals surface area (Å²) in [5.74, 6) is -0.549. The fourth-order valence-corrected chi connectivity index (χ4v) is 17.8. The molecule has 0 radical (unpaired) electrons. The monoisotopic (exact) mass is 450 g/mol. The first-order chi connectivity index (χ1) is 14.1. The zero-order valence-electron chi connectivity index (χ0n) is 20.8. The van der Waals surface area contributed by atoms with Gasteiger partial charge in [0.05, 0.1) is 5.92 Å². The third-order valence-corrected chi connectivity index (χ3v) is 15.0. The maximum Gasteiger partial charge on any atom is 0.195 e. The number of benzene rings is 1. The average Bonchev–Trinajstić information content (AvgIpc) is 2.67. The molecule has 1 unspecified atom stereocenters. The van der Waals surface area contributed by atoms with Gasteiger partial charge in [0.15, 0.2) is 5.79 Å². The van der Waals surface area contributed by atoms with Crippen molar-refractivity contribution in [1.29, 1.82) is 0 Å². The molecule has 2 rings (SSSR count).